The highest BCUT2D eigenvalue weighted by molar-refractivity contribution is 5.79. The number of nitrogens with two attached hydrogens (primary N) is 1. The van der Waals surface area contributed by atoms with Crippen molar-refractivity contribution in [2.45, 2.75) is 66.2 Å². The summed E-state index contributed by atoms with van der Waals surface area (Å²) in [5, 5.41) is 3.22. The third kappa shape index (κ3) is 9.28. The summed E-state index contributed by atoms with van der Waals surface area (Å²) < 4.78 is 0. The highest BCUT2D eigenvalue weighted by atomic mass is 15.3. The van der Waals surface area contributed by atoms with Gasteiger partial charge in [0.2, 0.25) is 5.96 Å². The quantitative estimate of drug-likeness (QED) is 0.195. The van der Waals surface area contributed by atoms with Crippen LogP contribution in [0.2, 0.25) is 0 Å². The maximum absolute atomic E-state index is 5.46. The lowest BCUT2D eigenvalue weighted by atomic mass is 9.87. The SMILES string of the molecule is CCCCCC(C)(C)CN=C(NN)NCCCC. The summed E-state index contributed by atoms with van der Waals surface area (Å²) in [5.41, 5.74) is 2.89. The van der Waals surface area contributed by atoms with Gasteiger partial charge >= 0.3 is 0 Å². The molecule has 0 aliphatic carbocycles. The number of hydrogen-bond donors (Lipinski definition) is 3. The van der Waals surface area contributed by atoms with Gasteiger partial charge in [0.15, 0.2) is 0 Å². The average molecular weight is 256 g/mol. The zero-order valence-electron chi connectivity index (χ0n) is 12.7. The van der Waals surface area contributed by atoms with Crippen molar-refractivity contribution in [1.29, 1.82) is 0 Å². The normalized spacial score (nSPS) is 12.6. The molecule has 0 radical (unpaired) electrons. The molecule has 0 saturated carbocycles. The van der Waals surface area contributed by atoms with Gasteiger partial charge in [-0.15, -0.1) is 0 Å². The van der Waals surface area contributed by atoms with E-state index in [0.717, 1.165) is 19.5 Å². The number of guanidine groups is 1. The fourth-order valence-electron chi connectivity index (χ4n) is 1.76. The molecule has 0 aliphatic heterocycles. The molecule has 0 unspecified atom stereocenters. The molecular formula is C14H32N4. The fraction of sp³-hybridized carbons (Fsp3) is 0.929. The van der Waals surface area contributed by atoms with Crippen molar-refractivity contribution in [2.24, 2.45) is 16.3 Å². The Balaban J connectivity index is 4.03. The standard InChI is InChI=1S/C14H32N4/c1-5-7-9-10-14(3,4)12-17-13(18-15)16-11-8-6-2/h5-12,15H2,1-4H3,(H2,16,17,18). The van der Waals surface area contributed by atoms with Gasteiger partial charge in [0.1, 0.15) is 0 Å². The molecule has 108 valence electrons. The Kier molecular flexibility index (Phi) is 9.74. The molecule has 4 heteroatoms. The number of nitrogens with zero attached hydrogens (tertiary/aromatic N) is 1. The maximum Gasteiger partial charge on any atom is 0.205 e. The van der Waals surface area contributed by atoms with E-state index >= 15 is 0 Å². The molecule has 0 saturated heterocycles. The molecule has 4 N–H and O–H groups in total. The van der Waals surface area contributed by atoms with Crippen molar-refractivity contribution in [3.63, 3.8) is 0 Å². The number of unbranched alkanes of at least 4 members (excludes halogenated alkanes) is 3. The molecule has 0 fully saturated rings. The predicted octanol–water partition coefficient (Wildman–Crippen LogP) is 2.80. The molecule has 0 aromatic heterocycles. The Morgan fingerprint density at radius 1 is 1.11 bits per heavy atom. The predicted molar refractivity (Wildman–Crippen MR) is 80.5 cm³/mol. The monoisotopic (exact) mass is 256 g/mol. The van der Waals surface area contributed by atoms with Crippen LogP contribution in [0.5, 0.6) is 0 Å². The first-order valence-corrected chi connectivity index (χ1v) is 7.30. The van der Waals surface area contributed by atoms with E-state index in [2.05, 4.69) is 43.4 Å². The molecule has 4 nitrogen and oxygen atoms in total. The first-order valence-electron chi connectivity index (χ1n) is 7.30. The van der Waals surface area contributed by atoms with Crippen LogP contribution in [0.15, 0.2) is 4.99 Å². The van der Waals surface area contributed by atoms with Crippen molar-refractivity contribution < 1.29 is 0 Å². The zero-order chi connectivity index (χ0) is 13.9. The van der Waals surface area contributed by atoms with Crippen LogP contribution >= 0.6 is 0 Å². The molecule has 0 heterocycles. The van der Waals surface area contributed by atoms with Gasteiger partial charge in [-0.05, 0) is 18.3 Å². The molecule has 18 heavy (non-hydrogen) atoms. The van der Waals surface area contributed by atoms with Crippen LogP contribution in [0.3, 0.4) is 0 Å². The van der Waals surface area contributed by atoms with Crippen molar-refractivity contribution in [3.8, 4) is 0 Å². The first kappa shape index (κ1) is 17.2. The summed E-state index contributed by atoms with van der Waals surface area (Å²) in [6.07, 6.45) is 7.40. The molecule has 0 spiro atoms. The Bertz CT molecular complexity index is 224. The summed E-state index contributed by atoms with van der Waals surface area (Å²) >= 11 is 0. The van der Waals surface area contributed by atoms with Gasteiger partial charge in [0, 0.05) is 13.1 Å². The highest BCUT2D eigenvalue weighted by Crippen LogP contribution is 2.23. The van der Waals surface area contributed by atoms with Crippen molar-refractivity contribution >= 4 is 5.96 Å². The second-order valence-corrected chi connectivity index (χ2v) is 5.71. The zero-order valence-corrected chi connectivity index (χ0v) is 12.7. The minimum absolute atomic E-state index is 0.254. The Morgan fingerprint density at radius 2 is 1.78 bits per heavy atom. The topological polar surface area (TPSA) is 62.4 Å². The van der Waals surface area contributed by atoms with E-state index in [1.807, 2.05) is 0 Å². The number of nitrogens with one attached hydrogen (secondary N) is 2. The van der Waals surface area contributed by atoms with Crippen LogP contribution in [-0.4, -0.2) is 19.0 Å². The van der Waals surface area contributed by atoms with Crippen LogP contribution in [0.4, 0.5) is 0 Å². The summed E-state index contributed by atoms with van der Waals surface area (Å²) in [7, 11) is 0. The van der Waals surface area contributed by atoms with Gasteiger partial charge in [-0.3, -0.25) is 10.4 Å². The van der Waals surface area contributed by atoms with Gasteiger partial charge in [0.05, 0.1) is 0 Å². The third-order valence-electron chi connectivity index (χ3n) is 3.08. The van der Waals surface area contributed by atoms with E-state index in [4.69, 9.17) is 5.84 Å². The fourth-order valence-corrected chi connectivity index (χ4v) is 1.76. The Labute approximate surface area is 113 Å². The molecule has 0 aliphatic rings. The molecule has 0 atom stereocenters. The Morgan fingerprint density at radius 3 is 2.33 bits per heavy atom. The van der Waals surface area contributed by atoms with Crippen LogP contribution in [0, 0.1) is 5.41 Å². The lowest BCUT2D eigenvalue weighted by Crippen LogP contribution is -2.42. The smallest absolute Gasteiger partial charge is 0.205 e. The van der Waals surface area contributed by atoms with Gasteiger partial charge in [-0.2, -0.15) is 0 Å². The van der Waals surface area contributed by atoms with Crippen LogP contribution in [-0.2, 0) is 0 Å². The molecule has 0 bridgehead atoms. The van der Waals surface area contributed by atoms with E-state index in [1.165, 1.54) is 32.1 Å². The van der Waals surface area contributed by atoms with Crippen molar-refractivity contribution in [2.75, 3.05) is 13.1 Å². The van der Waals surface area contributed by atoms with Gasteiger partial charge < -0.3 is 5.32 Å². The number of rotatable bonds is 9. The summed E-state index contributed by atoms with van der Waals surface area (Å²) in [4.78, 5) is 4.53. The summed E-state index contributed by atoms with van der Waals surface area (Å²) in [6, 6.07) is 0. The minimum atomic E-state index is 0.254. The molecular weight excluding hydrogens is 224 g/mol. The molecule has 0 amide bonds. The average Bonchev–Trinajstić information content (AvgIpc) is 2.34. The van der Waals surface area contributed by atoms with Gasteiger partial charge in [-0.25, -0.2) is 5.84 Å². The lowest BCUT2D eigenvalue weighted by Gasteiger charge is -2.22. The minimum Gasteiger partial charge on any atom is -0.355 e. The largest absolute Gasteiger partial charge is 0.355 e. The lowest BCUT2D eigenvalue weighted by molar-refractivity contribution is 0.332. The number of hydrazine groups is 1. The van der Waals surface area contributed by atoms with Crippen molar-refractivity contribution in [3.05, 3.63) is 0 Å². The third-order valence-corrected chi connectivity index (χ3v) is 3.08. The van der Waals surface area contributed by atoms with E-state index < -0.39 is 0 Å². The second kappa shape index (κ2) is 10.2. The number of aliphatic imine (C=N–C) groups is 1. The van der Waals surface area contributed by atoms with E-state index in [1.54, 1.807) is 0 Å². The second-order valence-electron chi connectivity index (χ2n) is 5.71. The van der Waals surface area contributed by atoms with E-state index in [0.29, 0.717) is 5.96 Å². The van der Waals surface area contributed by atoms with Gasteiger partial charge in [0.25, 0.3) is 0 Å². The molecule has 0 aromatic carbocycles. The molecule has 0 aromatic rings. The first-order chi connectivity index (χ1) is 8.55. The highest BCUT2D eigenvalue weighted by Gasteiger charge is 2.16. The summed E-state index contributed by atoms with van der Waals surface area (Å²) in [6.45, 7) is 10.7. The number of hydrogen-bond acceptors (Lipinski definition) is 2. The van der Waals surface area contributed by atoms with Crippen LogP contribution in [0.25, 0.3) is 0 Å². The summed E-state index contributed by atoms with van der Waals surface area (Å²) in [5.74, 6) is 6.18. The van der Waals surface area contributed by atoms with Gasteiger partial charge in [-0.1, -0.05) is 53.4 Å². The maximum atomic E-state index is 5.46. The van der Waals surface area contributed by atoms with Crippen molar-refractivity contribution in [1.82, 2.24) is 10.7 Å². The van der Waals surface area contributed by atoms with Crippen LogP contribution in [0.1, 0.15) is 66.2 Å². The molecule has 0 rings (SSSR count). The van der Waals surface area contributed by atoms with Crippen LogP contribution < -0.4 is 16.6 Å². The van der Waals surface area contributed by atoms with E-state index in [9.17, 15) is 0 Å². The van der Waals surface area contributed by atoms with E-state index in [-0.39, 0.29) is 5.41 Å². The Hall–Kier alpha value is -0.770.